The van der Waals surface area contributed by atoms with Crippen LogP contribution in [0.2, 0.25) is 0 Å². The second-order valence-corrected chi connectivity index (χ2v) is 4.23. The highest BCUT2D eigenvalue weighted by molar-refractivity contribution is 7.99. The summed E-state index contributed by atoms with van der Waals surface area (Å²) in [5.74, 6) is 2.21. The summed E-state index contributed by atoms with van der Waals surface area (Å²) in [5, 5.41) is 2.94. The minimum Gasteiger partial charge on any atom is -0.351 e. The molecule has 1 rings (SSSR count). The number of rotatable bonds is 3. The Morgan fingerprint density at radius 3 is 3.08 bits per heavy atom. The molecule has 3 nitrogen and oxygen atoms in total. The highest BCUT2D eigenvalue weighted by Gasteiger charge is 2.19. The van der Waals surface area contributed by atoms with Crippen LogP contribution in [0.15, 0.2) is 0 Å². The van der Waals surface area contributed by atoms with Crippen molar-refractivity contribution in [3.05, 3.63) is 0 Å². The monoisotopic (exact) mass is 188 g/mol. The summed E-state index contributed by atoms with van der Waals surface area (Å²) in [6, 6.07) is 0.0377. The van der Waals surface area contributed by atoms with Crippen LogP contribution in [0.1, 0.15) is 19.8 Å². The van der Waals surface area contributed by atoms with Crippen molar-refractivity contribution in [3.8, 4) is 0 Å². The number of hydrogen-bond acceptors (Lipinski definition) is 3. The van der Waals surface area contributed by atoms with Gasteiger partial charge in [-0.3, -0.25) is 4.79 Å². The zero-order valence-corrected chi connectivity index (χ0v) is 8.19. The smallest absolute Gasteiger partial charge is 0.237 e. The van der Waals surface area contributed by atoms with Gasteiger partial charge in [0.1, 0.15) is 0 Å². The predicted molar refractivity (Wildman–Crippen MR) is 52.1 cm³/mol. The van der Waals surface area contributed by atoms with Gasteiger partial charge in [-0.25, -0.2) is 0 Å². The number of carbonyl (C=O) groups is 1. The molecule has 0 radical (unpaired) electrons. The maximum Gasteiger partial charge on any atom is 0.237 e. The Labute approximate surface area is 77.5 Å². The van der Waals surface area contributed by atoms with E-state index in [1.807, 2.05) is 18.7 Å². The lowest BCUT2D eigenvalue weighted by Crippen LogP contribution is -2.45. The number of carbonyl (C=O) groups excluding carboxylic acids is 1. The third-order valence-corrected chi connectivity index (χ3v) is 3.22. The van der Waals surface area contributed by atoms with Crippen LogP contribution in [0.5, 0.6) is 0 Å². The maximum absolute atomic E-state index is 11.3. The molecule has 4 heteroatoms. The zero-order chi connectivity index (χ0) is 8.97. The normalized spacial score (nSPS) is 25.3. The van der Waals surface area contributed by atoms with E-state index in [2.05, 4.69) is 5.32 Å². The molecule has 0 aromatic rings. The van der Waals surface area contributed by atoms with Crippen LogP contribution < -0.4 is 11.1 Å². The van der Waals surface area contributed by atoms with E-state index in [1.165, 1.54) is 0 Å². The van der Waals surface area contributed by atoms with Crippen molar-refractivity contribution < 1.29 is 4.79 Å². The maximum atomic E-state index is 11.3. The van der Waals surface area contributed by atoms with E-state index in [-0.39, 0.29) is 11.9 Å². The lowest BCUT2D eigenvalue weighted by Gasteiger charge is -2.14. The Morgan fingerprint density at radius 1 is 1.83 bits per heavy atom. The van der Waals surface area contributed by atoms with Crippen molar-refractivity contribution in [3.63, 3.8) is 0 Å². The molecular formula is C8H16N2OS. The average molecular weight is 188 g/mol. The zero-order valence-electron chi connectivity index (χ0n) is 7.38. The summed E-state index contributed by atoms with van der Waals surface area (Å²) in [7, 11) is 0. The molecule has 0 saturated carbocycles. The molecule has 0 spiro atoms. The molecule has 70 valence electrons. The Bertz CT molecular complexity index is 157. The Hall–Kier alpha value is -0.220. The minimum absolute atomic E-state index is 0.00463. The number of nitrogens with two attached hydrogens (primary N) is 1. The van der Waals surface area contributed by atoms with Gasteiger partial charge in [0.25, 0.3) is 0 Å². The van der Waals surface area contributed by atoms with Crippen LogP contribution in [0, 0.1) is 0 Å². The first-order valence-electron chi connectivity index (χ1n) is 4.37. The first kappa shape index (κ1) is 9.86. The van der Waals surface area contributed by atoms with Gasteiger partial charge in [0.15, 0.2) is 0 Å². The van der Waals surface area contributed by atoms with Crippen LogP contribution in [0.4, 0.5) is 0 Å². The van der Waals surface area contributed by atoms with Gasteiger partial charge >= 0.3 is 0 Å². The van der Waals surface area contributed by atoms with Gasteiger partial charge in [-0.2, -0.15) is 11.8 Å². The second-order valence-electron chi connectivity index (χ2n) is 3.08. The van der Waals surface area contributed by atoms with Crippen LogP contribution in [0.25, 0.3) is 0 Å². The summed E-state index contributed by atoms with van der Waals surface area (Å²) in [4.78, 5) is 11.3. The van der Waals surface area contributed by atoms with E-state index < -0.39 is 0 Å². The van der Waals surface area contributed by atoms with Crippen LogP contribution in [-0.4, -0.2) is 29.5 Å². The molecule has 1 heterocycles. The van der Waals surface area contributed by atoms with Crippen molar-refractivity contribution in [1.29, 1.82) is 0 Å². The van der Waals surface area contributed by atoms with Gasteiger partial charge in [0.05, 0.1) is 6.04 Å². The summed E-state index contributed by atoms with van der Waals surface area (Å²) in [6.07, 6.45) is 1.80. The molecule has 0 aromatic heterocycles. The molecule has 1 aliphatic heterocycles. The molecule has 1 amide bonds. The highest BCUT2D eigenvalue weighted by Crippen LogP contribution is 2.16. The fourth-order valence-corrected chi connectivity index (χ4v) is 2.29. The second kappa shape index (κ2) is 4.72. The Balaban J connectivity index is 2.25. The third kappa shape index (κ3) is 2.68. The average Bonchev–Trinajstić information content (AvgIpc) is 2.55. The van der Waals surface area contributed by atoms with E-state index in [9.17, 15) is 4.79 Å². The molecule has 1 fully saturated rings. The summed E-state index contributed by atoms with van der Waals surface area (Å²) >= 11 is 1.89. The topological polar surface area (TPSA) is 55.1 Å². The molecule has 2 atom stereocenters. The van der Waals surface area contributed by atoms with Crippen molar-refractivity contribution in [1.82, 2.24) is 5.32 Å². The third-order valence-electron chi connectivity index (χ3n) is 2.05. The Kier molecular flexibility index (Phi) is 3.88. The number of amides is 1. The molecule has 12 heavy (non-hydrogen) atoms. The number of nitrogens with one attached hydrogen (secondary N) is 1. The Morgan fingerprint density at radius 2 is 2.58 bits per heavy atom. The molecule has 0 bridgehead atoms. The molecule has 1 saturated heterocycles. The van der Waals surface area contributed by atoms with Gasteiger partial charge in [-0.05, 0) is 18.6 Å². The largest absolute Gasteiger partial charge is 0.351 e. The van der Waals surface area contributed by atoms with E-state index >= 15 is 0 Å². The summed E-state index contributed by atoms with van der Waals surface area (Å²) < 4.78 is 0. The SMILES string of the molecule is CC[C@H](N)C(=O)NC1CCSC1. The fraction of sp³-hybridized carbons (Fsp3) is 0.875. The van der Waals surface area contributed by atoms with Gasteiger partial charge in [0, 0.05) is 11.8 Å². The molecule has 0 aliphatic carbocycles. The highest BCUT2D eigenvalue weighted by atomic mass is 32.2. The van der Waals surface area contributed by atoms with Gasteiger partial charge < -0.3 is 11.1 Å². The van der Waals surface area contributed by atoms with Crippen molar-refractivity contribution in [2.24, 2.45) is 5.73 Å². The fourth-order valence-electron chi connectivity index (χ4n) is 1.14. The molecule has 3 N–H and O–H groups in total. The molecule has 0 aromatic carbocycles. The van der Waals surface area contributed by atoms with Crippen molar-refractivity contribution >= 4 is 17.7 Å². The van der Waals surface area contributed by atoms with Gasteiger partial charge in [0.2, 0.25) is 5.91 Å². The van der Waals surface area contributed by atoms with E-state index in [1.54, 1.807) is 0 Å². The van der Waals surface area contributed by atoms with Crippen LogP contribution in [-0.2, 0) is 4.79 Å². The quantitative estimate of drug-likeness (QED) is 0.672. The number of thioether (sulfide) groups is 1. The van der Waals surface area contributed by atoms with Crippen LogP contribution in [0.3, 0.4) is 0 Å². The van der Waals surface area contributed by atoms with E-state index in [4.69, 9.17) is 5.73 Å². The lowest BCUT2D eigenvalue weighted by atomic mass is 10.2. The standard InChI is InChI=1S/C8H16N2OS/c1-2-7(9)8(11)10-6-3-4-12-5-6/h6-7H,2-5,9H2,1H3,(H,10,11)/t6?,7-/m0/s1. The molecular weight excluding hydrogens is 172 g/mol. The minimum atomic E-state index is -0.324. The first-order chi connectivity index (χ1) is 5.74. The molecule has 1 unspecified atom stereocenters. The van der Waals surface area contributed by atoms with Crippen molar-refractivity contribution in [2.45, 2.75) is 31.8 Å². The summed E-state index contributed by atoms with van der Waals surface area (Å²) in [5.41, 5.74) is 5.58. The first-order valence-corrected chi connectivity index (χ1v) is 5.53. The van der Waals surface area contributed by atoms with E-state index in [0.29, 0.717) is 12.5 Å². The predicted octanol–water partition coefficient (Wildman–Crippen LogP) is 0.345. The van der Waals surface area contributed by atoms with Gasteiger partial charge in [-0.1, -0.05) is 6.92 Å². The molecule has 1 aliphatic rings. The van der Waals surface area contributed by atoms with Crippen molar-refractivity contribution in [2.75, 3.05) is 11.5 Å². The van der Waals surface area contributed by atoms with E-state index in [0.717, 1.165) is 17.9 Å². The van der Waals surface area contributed by atoms with Gasteiger partial charge in [-0.15, -0.1) is 0 Å². The summed E-state index contributed by atoms with van der Waals surface area (Å²) in [6.45, 7) is 1.92. The van der Waals surface area contributed by atoms with Crippen LogP contribution >= 0.6 is 11.8 Å². The lowest BCUT2D eigenvalue weighted by molar-refractivity contribution is -0.122. The number of hydrogen-bond donors (Lipinski definition) is 2.